The molecule has 1 N–H and O–H groups in total. The average Bonchev–Trinajstić information content (AvgIpc) is 2.30. The number of hydrogen-bond donors (Lipinski definition) is 1. The van der Waals surface area contributed by atoms with Crippen molar-refractivity contribution in [3.05, 3.63) is 35.9 Å². The lowest BCUT2D eigenvalue weighted by molar-refractivity contribution is 0.0960. The van der Waals surface area contributed by atoms with Crippen molar-refractivity contribution in [1.29, 1.82) is 0 Å². The zero-order valence-electron chi connectivity index (χ0n) is 9.88. The third kappa shape index (κ3) is 4.30. The van der Waals surface area contributed by atoms with Crippen molar-refractivity contribution < 1.29 is 18.4 Å². The second-order valence-corrected chi connectivity index (χ2v) is 4.87. The fraction of sp³-hybridized carbons (Fsp3) is 0.364. The Balaban J connectivity index is 2.74. The molecule has 0 bridgehead atoms. The minimum absolute atomic E-state index is 0.201. The van der Waals surface area contributed by atoms with Gasteiger partial charge in [0.25, 0.3) is 5.91 Å². The van der Waals surface area contributed by atoms with Gasteiger partial charge in [0.2, 0.25) is 0 Å². The maximum absolute atomic E-state index is 12.0. The van der Waals surface area contributed by atoms with Crippen LogP contribution in [0.5, 0.6) is 0 Å². The molecular weight excluding hydrogens is 241 g/mol. The van der Waals surface area contributed by atoms with Crippen LogP contribution in [0.25, 0.3) is 0 Å². The third-order valence-electron chi connectivity index (χ3n) is 1.87. The molecule has 6 heteroatoms. The Morgan fingerprint density at radius 2 is 1.71 bits per heavy atom. The number of carbonyl (C=O) groups is 1. The van der Waals surface area contributed by atoms with E-state index in [-0.39, 0.29) is 13.2 Å². The SMILES string of the molecule is CCOP(=O)(NC(=O)c1ccccc1)OCC. The molecule has 0 aromatic heterocycles. The van der Waals surface area contributed by atoms with E-state index in [0.717, 1.165) is 0 Å². The third-order valence-corrected chi connectivity index (χ3v) is 3.55. The summed E-state index contributed by atoms with van der Waals surface area (Å²) in [4.78, 5) is 11.8. The van der Waals surface area contributed by atoms with E-state index in [1.807, 2.05) is 0 Å². The van der Waals surface area contributed by atoms with Gasteiger partial charge in [-0.25, -0.2) is 4.57 Å². The molecule has 1 aromatic rings. The Hall–Kier alpha value is -1.16. The molecule has 1 aromatic carbocycles. The molecule has 1 amide bonds. The molecule has 0 fully saturated rings. The number of amides is 1. The molecule has 0 spiro atoms. The highest BCUT2D eigenvalue weighted by molar-refractivity contribution is 7.52. The van der Waals surface area contributed by atoms with Gasteiger partial charge in [0.05, 0.1) is 13.2 Å². The summed E-state index contributed by atoms with van der Waals surface area (Å²) in [6.07, 6.45) is 0. The number of carbonyl (C=O) groups excluding carboxylic acids is 1. The van der Waals surface area contributed by atoms with E-state index in [4.69, 9.17) is 9.05 Å². The van der Waals surface area contributed by atoms with E-state index in [1.54, 1.807) is 44.2 Å². The largest absolute Gasteiger partial charge is 0.435 e. The summed E-state index contributed by atoms with van der Waals surface area (Å²) >= 11 is 0. The molecular formula is C11H16NO4P. The predicted octanol–water partition coefficient (Wildman–Crippen LogP) is 2.60. The molecule has 0 heterocycles. The monoisotopic (exact) mass is 257 g/mol. The molecule has 0 unspecified atom stereocenters. The molecule has 0 saturated carbocycles. The Morgan fingerprint density at radius 3 is 2.18 bits per heavy atom. The molecule has 0 aliphatic heterocycles. The zero-order valence-corrected chi connectivity index (χ0v) is 10.8. The fourth-order valence-electron chi connectivity index (χ4n) is 1.22. The van der Waals surface area contributed by atoms with Crippen LogP contribution in [0, 0.1) is 0 Å². The van der Waals surface area contributed by atoms with E-state index in [2.05, 4.69) is 5.09 Å². The Labute approximate surface area is 101 Å². The van der Waals surface area contributed by atoms with Gasteiger partial charge in [0, 0.05) is 5.56 Å². The van der Waals surface area contributed by atoms with Crippen LogP contribution in [-0.2, 0) is 13.6 Å². The quantitative estimate of drug-likeness (QED) is 0.795. The summed E-state index contributed by atoms with van der Waals surface area (Å²) < 4.78 is 21.9. The van der Waals surface area contributed by atoms with Crippen LogP contribution in [0.15, 0.2) is 30.3 Å². The Kier molecular flexibility index (Phi) is 5.35. The van der Waals surface area contributed by atoms with Gasteiger partial charge in [-0.1, -0.05) is 18.2 Å². The van der Waals surface area contributed by atoms with E-state index >= 15 is 0 Å². The number of rotatable bonds is 6. The van der Waals surface area contributed by atoms with Gasteiger partial charge < -0.3 is 0 Å². The number of nitrogens with one attached hydrogen (secondary N) is 1. The lowest BCUT2D eigenvalue weighted by atomic mass is 10.2. The van der Waals surface area contributed by atoms with Crippen molar-refractivity contribution >= 4 is 13.7 Å². The molecule has 0 radical (unpaired) electrons. The van der Waals surface area contributed by atoms with Crippen LogP contribution >= 0.6 is 7.75 Å². The lowest BCUT2D eigenvalue weighted by Gasteiger charge is -2.17. The molecule has 17 heavy (non-hydrogen) atoms. The maximum atomic E-state index is 12.0. The molecule has 0 aliphatic rings. The summed E-state index contributed by atoms with van der Waals surface area (Å²) in [6.45, 7) is 3.76. The van der Waals surface area contributed by atoms with Gasteiger partial charge in [0.1, 0.15) is 0 Å². The smallest absolute Gasteiger partial charge is 0.293 e. The first-order chi connectivity index (χ1) is 8.11. The topological polar surface area (TPSA) is 64.6 Å². The van der Waals surface area contributed by atoms with Crippen LogP contribution in [0.1, 0.15) is 24.2 Å². The molecule has 94 valence electrons. The average molecular weight is 257 g/mol. The Bertz CT molecular complexity index is 397. The van der Waals surface area contributed by atoms with Gasteiger partial charge >= 0.3 is 7.75 Å². The van der Waals surface area contributed by atoms with E-state index in [9.17, 15) is 9.36 Å². The van der Waals surface area contributed by atoms with Gasteiger partial charge in [-0.05, 0) is 26.0 Å². The minimum Gasteiger partial charge on any atom is -0.293 e. The Morgan fingerprint density at radius 1 is 1.18 bits per heavy atom. The molecule has 5 nitrogen and oxygen atoms in total. The van der Waals surface area contributed by atoms with Crippen LogP contribution in [0.3, 0.4) is 0 Å². The van der Waals surface area contributed by atoms with Gasteiger partial charge in [-0.3, -0.25) is 18.9 Å². The second-order valence-electron chi connectivity index (χ2n) is 3.14. The molecule has 1 rings (SSSR count). The van der Waals surface area contributed by atoms with Crippen molar-refractivity contribution in [3.8, 4) is 0 Å². The molecule has 0 aliphatic carbocycles. The fourth-order valence-corrected chi connectivity index (χ4v) is 2.48. The first-order valence-corrected chi connectivity index (χ1v) is 6.92. The van der Waals surface area contributed by atoms with Crippen LogP contribution < -0.4 is 5.09 Å². The molecule has 0 saturated heterocycles. The van der Waals surface area contributed by atoms with Crippen molar-refractivity contribution in [2.24, 2.45) is 0 Å². The second kappa shape index (κ2) is 6.55. The van der Waals surface area contributed by atoms with Crippen LogP contribution in [0.2, 0.25) is 0 Å². The van der Waals surface area contributed by atoms with Crippen molar-refractivity contribution in [2.45, 2.75) is 13.8 Å². The van der Waals surface area contributed by atoms with Gasteiger partial charge in [0.15, 0.2) is 0 Å². The van der Waals surface area contributed by atoms with Crippen molar-refractivity contribution in [3.63, 3.8) is 0 Å². The predicted molar refractivity (Wildman–Crippen MR) is 64.8 cm³/mol. The number of benzene rings is 1. The highest BCUT2D eigenvalue weighted by Gasteiger charge is 2.26. The summed E-state index contributed by atoms with van der Waals surface area (Å²) in [5, 5.41) is 2.28. The summed E-state index contributed by atoms with van der Waals surface area (Å²) in [6, 6.07) is 8.49. The van der Waals surface area contributed by atoms with E-state index in [0.29, 0.717) is 5.56 Å². The summed E-state index contributed by atoms with van der Waals surface area (Å²) in [5.41, 5.74) is 0.409. The minimum atomic E-state index is -3.54. The first-order valence-electron chi connectivity index (χ1n) is 5.38. The highest BCUT2D eigenvalue weighted by Crippen LogP contribution is 2.43. The van der Waals surface area contributed by atoms with E-state index < -0.39 is 13.7 Å². The highest BCUT2D eigenvalue weighted by atomic mass is 31.2. The number of hydrogen-bond acceptors (Lipinski definition) is 4. The zero-order chi connectivity index (χ0) is 12.7. The summed E-state index contributed by atoms with van der Waals surface area (Å²) in [7, 11) is -3.54. The maximum Gasteiger partial charge on any atom is 0.435 e. The normalized spacial score (nSPS) is 11.2. The van der Waals surface area contributed by atoms with Crippen molar-refractivity contribution in [2.75, 3.05) is 13.2 Å². The van der Waals surface area contributed by atoms with E-state index in [1.165, 1.54) is 0 Å². The van der Waals surface area contributed by atoms with Gasteiger partial charge in [-0.2, -0.15) is 0 Å². The summed E-state index contributed by atoms with van der Waals surface area (Å²) in [5.74, 6) is -0.476. The standard InChI is InChI=1S/C11H16NO4P/c1-3-15-17(14,16-4-2)12-11(13)10-8-6-5-7-9-10/h5-9H,3-4H2,1-2H3,(H,12,13,14). The molecule has 0 atom stereocenters. The lowest BCUT2D eigenvalue weighted by Crippen LogP contribution is -2.23. The van der Waals surface area contributed by atoms with Crippen molar-refractivity contribution in [1.82, 2.24) is 5.09 Å². The van der Waals surface area contributed by atoms with Crippen LogP contribution in [-0.4, -0.2) is 19.1 Å². The van der Waals surface area contributed by atoms with Gasteiger partial charge in [-0.15, -0.1) is 0 Å². The first kappa shape index (κ1) is 13.9. The van der Waals surface area contributed by atoms with Crippen LogP contribution in [0.4, 0.5) is 0 Å².